The highest BCUT2D eigenvalue weighted by molar-refractivity contribution is 5.69. The molecule has 3 nitrogen and oxygen atoms in total. The summed E-state index contributed by atoms with van der Waals surface area (Å²) in [5.74, 6) is -0.101. The minimum absolute atomic E-state index is 0.101. The first-order chi connectivity index (χ1) is 13.8. The minimum Gasteiger partial charge on any atom is -0.461 e. The molecule has 158 valence electrons. The summed E-state index contributed by atoms with van der Waals surface area (Å²) in [4.78, 5) is 11.8. The third-order valence-corrected chi connectivity index (χ3v) is 5.64. The van der Waals surface area contributed by atoms with Crippen molar-refractivity contribution in [1.82, 2.24) is 0 Å². The number of ether oxygens (including phenoxy) is 2. The van der Waals surface area contributed by atoms with Gasteiger partial charge in [-0.05, 0) is 24.8 Å². The normalized spacial score (nSPS) is 18.2. The Labute approximate surface area is 172 Å². The van der Waals surface area contributed by atoms with Crippen molar-refractivity contribution < 1.29 is 14.3 Å². The van der Waals surface area contributed by atoms with Crippen LogP contribution in [0, 0.1) is 0 Å². The standard InChI is InChI=1S/C25H40O3/c1-2-3-4-5-6-7-8-9-10-14-18-23-24(28-23)19-15-20-25(26)27-21-22-16-12-11-13-17-22/h11-13,16-17,23-24H,2-10,14-15,18-21H2,1H3. The molecule has 1 aliphatic heterocycles. The summed E-state index contributed by atoms with van der Waals surface area (Å²) in [6, 6.07) is 9.84. The van der Waals surface area contributed by atoms with Crippen LogP contribution in [0.15, 0.2) is 30.3 Å². The lowest BCUT2D eigenvalue weighted by Crippen LogP contribution is -2.05. The van der Waals surface area contributed by atoms with Gasteiger partial charge in [0.15, 0.2) is 0 Å². The Morgan fingerprint density at radius 1 is 0.821 bits per heavy atom. The highest BCUT2D eigenvalue weighted by atomic mass is 16.6. The number of carbonyl (C=O) groups is 1. The molecule has 1 aliphatic rings. The Morgan fingerprint density at radius 2 is 1.39 bits per heavy atom. The lowest BCUT2D eigenvalue weighted by atomic mass is 10.0. The average Bonchev–Trinajstić information content (AvgIpc) is 3.47. The van der Waals surface area contributed by atoms with Crippen LogP contribution in [-0.2, 0) is 20.9 Å². The highest BCUT2D eigenvalue weighted by Gasteiger charge is 2.37. The SMILES string of the molecule is CCCCCCCCCCCCC1OC1CCCC(=O)OCc1ccccc1. The van der Waals surface area contributed by atoms with Gasteiger partial charge in [0.2, 0.25) is 0 Å². The zero-order chi connectivity index (χ0) is 19.9. The highest BCUT2D eigenvalue weighted by Crippen LogP contribution is 2.31. The van der Waals surface area contributed by atoms with Crippen molar-refractivity contribution in [3.05, 3.63) is 35.9 Å². The summed E-state index contributed by atoms with van der Waals surface area (Å²) in [6.45, 7) is 2.65. The largest absolute Gasteiger partial charge is 0.461 e. The van der Waals surface area contributed by atoms with E-state index in [1.807, 2.05) is 30.3 Å². The molecule has 2 rings (SSSR count). The predicted octanol–water partition coefficient (Wildman–Crippen LogP) is 6.98. The van der Waals surface area contributed by atoms with Gasteiger partial charge in [0.05, 0.1) is 12.2 Å². The van der Waals surface area contributed by atoms with Gasteiger partial charge < -0.3 is 9.47 Å². The van der Waals surface area contributed by atoms with Crippen molar-refractivity contribution in [3.8, 4) is 0 Å². The Balaban J connectivity index is 1.34. The third-order valence-electron chi connectivity index (χ3n) is 5.64. The molecule has 28 heavy (non-hydrogen) atoms. The van der Waals surface area contributed by atoms with Gasteiger partial charge in [-0.25, -0.2) is 0 Å². The van der Waals surface area contributed by atoms with Gasteiger partial charge in [-0.2, -0.15) is 0 Å². The van der Waals surface area contributed by atoms with Crippen molar-refractivity contribution in [2.24, 2.45) is 0 Å². The maximum Gasteiger partial charge on any atom is 0.306 e. The molecule has 1 aromatic rings. The second-order valence-corrected chi connectivity index (χ2v) is 8.22. The summed E-state index contributed by atoms with van der Waals surface area (Å²) < 4.78 is 11.1. The second-order valence-electron chi connectivity index (χ2n) is 8.22. The molecule has 0 bridgehead atoms. The van der Waals surface area contributed by atoms with Gasteiger partial charge >= 0.3 is 5.97 Å². The Hall–Kier alpha value is -1.35. The van der Waals surface area contributed by atoms with Crippen LogP contribution in [0.1, 0.15) is 102 Å². The molecule has 2 unspecified atom stereocenters. The van der Waals surface area contributed by atoms with Crippen LogP contribution in [0.4, 0.5) is 0 Å². The molecule has 0 N–H and O–H groups in total. The van der Waals surface area contributed by atoms with Gasteiger partial charge in [0.1, 0.15) is 6.61 Å². The fraction of sp³-hybridized carbons (Fsp3) is 0.720. The number of hydrogen-bond donors (Lipinski definition) is 0. The van der Waals surface area contributed by atoms with Crippen LogP contribution in [0.2, 0.25) is 0 Å². The maximum absolute atomic E-state index is 11.8. The van der Waals surface area contributed by atoms with E-state index < -0.39 is 0 Å². The van der Waals surface area contributed by atoms with Crippen molar-refractivity contribution in [2.75, 3.05) is 0 Å². The predicted molar refractivity (Wildman–Crippen MR) is 115 cm³/mol. The molecule has 0 aliphatic carbocycles. The summed E-state index contributed by atoms with van der Waals surface area (Å²) in [6.07, 6.45) is 18.2. The minimum atomic E-state index is -0.101. The Kier molecular flexibility index (Phi) is 12.0. The summed E-state index contributed by atoms with van der Waals surface area (Å²) >= 11 is 0. The second kappa shape index (κ2) is 14.6. The average molecular weight is 389 g/mol. The topological polar surface area (TPSA) is 38.8 Å². The molecule has 1 saturated heterocycles. The van der Waals surface area contributed by atoms with Crippen molar-refractivity contribution in [3.63, 3.8) is 0 Å². The van der Waals surface area contributed by atoms with Crippen molar-refractivity contribution >= 4 is 5.97 Å². The number of rotatable bonds is 17. The lowest BCUT2D eigenvalue weighted by molar-refractivity contribution is -0.145. The van der Waals surface area contributed by atoms with E-state index in [0.717, 1.165) is 18.4 Å². The van der Waals surface area contributed by atoms with Gasteiger partial charge in [-0.3, -0.25) is 4.79 Å². The van der Waals surface area contributed by atoms with Crippen LogP contribution in [0.5, 0.6) is 0 Å². The molecule has 2 atom stereocenters. The van der Waals surface area contributed by atoms with Crippen LogP contribution in [0.25, 0.3) is 0 Å². The fourth-order valence-electron chi connectivity index (χ4n) is 3.78. The van der Waals surface area contributed by atoms with E-state index in [1.54, 1.807) is 0 Å². The zero-order valence-electron chi connectivity index (χ0n) is 17.9. The monoisotopic (exact) mass is 388 g/mol. The smallest absolute Gasteiger partial charge is 0.306 e. The number of esters is 1. The Bertz CT molecular complexity index is 514. The third kappa shape index (κ3) is 10.8. The molecule has 0 amide bonds. The number of unbranched alkanes of at least 4 members (excludes halogenated alkanes) is 9. The maximum atomic E-state index is 11.8. The molecule has 1 aromatic carbocycles. The molecule has 3 heteroatoms. The summed E-state index contributed by atoms with van der Waals surface area (Å²) in [7, 11) is 0. The molecule has 0 spiro atoms. The van der Waals surface area contributed by atoms with Crippen molar-refractivity contribution in [1.29, 1.82) is 0 Å². The molecule has 0 radical (unpaired) electrons. The molecular weight excluding hydrogens is 348 g/mol. The fourth-order valence-corrected chi connectivity index (χ4v) is 3.78. The van der Waals surface area contributed by atoms with E-state index in [1.165, 1.54) is 70.6 Å². The van der Waals surface area contributed by atoms with Crippen LogP contribution >= 0.6 is 0 Å². The van der Waals surface area contributed by atoms with E-state index in [4.69, 9.17) is 9.47 Å². The van der Waals surface area contributed by atoms with Crippen LogP contribution in [-0.4, -0.2) is 18.2 Å². The number of epoxide rings is 1. The van der Waals surface area contributed by atoms with E-state index in [9.17, 15) is 4.79 Å². The van der Waals surface area contributed by atoms with Gasteiger partial charge in [-0.15, -0.1) is 0 Å². The Morgan fingerprint density at radius 3 is 2.04 bits per heavy atom. The number of hydrogen-bond acceptors (Lipinski definition) is 3. The van der Waals surface area contributed by atoms with Gasteiger partial charge in [0, 0.05) is 6.42 Å². The summed E-state index contributed by atoms with van der Waals surface area (Å²) in [5, 5.41) is 0. The zero-order valence-corrected chi connectivity index (χ0v) is 17.9. The number of carbonyl (C=O) groups excluding carboxylic acids is 1. The van der Waals surface area contributed by atoms with Gasteiger partial charge in [0.25, 0.3) is 0 Å². The van der Waals surface area contributed by atoms with E-state index in [0.29, 0.717) is 25.2 Å². The first-order valence-electron chi connectivity index (χ1n) is 11.6. The lowest BCUT2D eigenvalue weighted by Gasteiger charge is -2.04. The molecule has 0 aromatic heterocycles. The van der Waals surface area contributed by atoms with Gasteiger partial charge in [-0.1, -0.05) is 101 Å². The van der Waals surface area contributed by atoms with E-state index in [2.05, 4.69) is 6.92 Å². The first-order valence-corrected chi connectivity index (χ1v) is 11.6. The van der Waals surface area contributed by atoms with Crippen LogP contribution in [0.3, 0.4) is 0 Å². The molecule has 0 saturated carbocycles. The van der Waals surface area contributed by atoms with Crippen molar-refractivity contribution in [2.45, 2.75) is 116 Å². The number of benzene rings is 1. The van der Waals surface area contributed by atoms with Crippen LogP contribution < -0.4 is 0 Å². The molecule has 1 heterocycles. The van der Waals surface area contributed by atoms with E-state index >= 15 is 0 Å². The molecule has 1 fully saturated rings. The summed E-state index contributed by atoms with van der Waals surface area (Å²) in [5.41, 5.74) is 1.04. The van der Waals surface area contributed by atoms with E-state index in [-0.39, 0.29) is 5.97 Å². The first kappa shape index (κ1) is 22.9. The quantitative estimate of drug-likeness (QED) is 0.164. The molecular formula is C25H40O3.